The quantitative estimate of drug-likeness (QED) is 0.370. The van der Waals surface area contributed by atoms with Crippen LogP contribution in [0, 0.1) is 34.5 Å². The number of aromatic nitrogens is 2. The standard InChI is InChI=1S/C35H44N2O8S/c1-18-15-34-19(2)13-25-26(32(25,3)4)23(28(34)38)14-21-17-43-33(5,6)45-30(21)35(34,40)29(18)44-31(39)27-24(16-36-37(27)7)20-9-11-22(12-10-20)46(8,41)42/h9-12,14-16,19,23,25-26,28-30,38,40H,13,17H2,1-8H3/t19-,23+,25-,26+,28?,29+,30-,34+,35-/m1/s1. The number of rotatable bonds is 4. The summed E-state index contributed by atoms with van der Waals surface area (Å²) in [5, 5.41) is 30.2. The van der Waals surface area contributed by atoms with Gasteiger partial charge in [0.15, 0.2) is 27.4 Å². The van der Waals surface area contributed by atoms with Gasteiger partial charge in [0, 0.05) is 24.8 Å². The first-order valence-corrected chi connectivity index (χ1v) is 17.9. The SMILES string of the molecule is CC1=C[C@]23C(O)[C@@H](C=C4COC(C)(C)O[C@H]4[C@]2(O)[C@H]1OC(=O)c1c(-c2ccc(S(C)(=O)=O)cc2)cnn1C)[C@H]1[C@@H](C[C@H]3C)C1(C)C. The van der Waals surface area contributed by atoms with Crippen molar-refractivity contribution in [3.05, 3.63) is 59.5 Å². The number of benzene rings is 1. The van der Waals surface area contributed by atoms with Gasteiger partial charge in [0.1, 0.15) is 11.7 Å². The average molecular weight is 653 g/mol. The molecule has 1 aromatic carbocycles. The van der Waals surface area contributed by atoms with E-state index in [4.69, 9.17) is 14.2 Å². The van der Waals surface area contributed by atoms with E-state index in [0.29, 0.717) is 22.6 Å². The summed E-state index contributed by atoms with van der Waals surface area (Å²) in [7, 11) is -1.77. The van der Waals surface area contributed by atoms with Gasteiger partial charge in [-0.2, -0.15) is 5.10 Å². The Morgan fingerprint density at radius 3 is 2.48 bits per heavy atom. The zero-order valence-electron chi connectivity index (χ0n) is 27.6. The summed E-state index contributed by atoms with van der Waals surface area (Å²) < 4.78 is 44.5. The Morgan fingerprint density at radius 2 is 1.83 bits per heavy atom. The van der Waals surface area contributed by atoms with Crippen molar-refractivity contribution in [2.45, 2.75) is 82.6 Å². The summed E-state index contributed by atoms with van der Waals surface area (Å²) >= 11 is 0. The van der Waals surface area contributed by atoms with Crippen molar-refractivity contribution in [2.75, 3.05) is 12.9 Å². The second-order valence-electron chi connectivity index (χ2n) is 15.3. The molecule has 46 heavy (non-hydrogen) atoms. The number of aryl methyl sites for hydroxylation is 1. The molecule has 1 spiro atoms. The van der Waals surface area contributed by atoms with Gasteiger partial charge in [-0.25, -0.2) is 13.2 Å². The van der Waals surface area contributed by atoms with Gasteiger partial charge in [0.05, 0.1) is 29.2 Å². The van der Waals surface area contributed by atoms with Crippen LogP contribution in [-0.4, -0.2) is 76.9 Å². The molecule has 10 nitrogen and oxygen atoms in total. The molecule has 2 heterocycles. The Kier molecular flexibility index (Phi) is 6.80. The van der Waals surface area contributed by atoms with Gasteiger partial charge >= 0.3 is 5.97 Å². The van der Waals surface area contributed by atoms with Gasteiger partial charge in [-0.05, 0) is 79.2 Å². The third-order valence-electron chi connectivity index (χ3n) is 11.9. The van der Waals surface area contributed by atoms with Gasteiger partial charge in [0.25, 0.3) is 0 Å². The van der Waals surface area contributed by atoms with Crippen molar-refractivity contribution in [3.8, 4) is 11.1 Å². The van der Waals surface area contributed by atoms with Crippen LogP contribution in [0.1, 0.15) is 58.5 Å². The number of hydrogen-bond acceptors (Lipinski definition) is 9. The Morgan fingerprint density at radius 1 is 1.15 bits per heavy atom. The van der Waals surface area contributed by atoms with E-state index in [1.54, 1.807) is 33.0 Å². The minimum Gasteiger partial charge on any atom is -0.450 e. The fraction of sp³-hybridized carbons (Fsp3) is 0.600. The lowest BCUT2D eigenvalue weighted by atomic mass is 9.58. The maximum Gasteiger partial charge on any atom is 0.357 e. The summed E-state index contributed by atoms with van der Waals surface area (Å²) in [5.41, 5.74) is -0.363. The first-order chi connectivity index (χ1) is 21.3. The monoisotopic (exact) mass is 652 g/mol. The van der Waals surface area contributed by atoms with Gasteiger partial charge in [-0.3, -0.25) is 4.68 Å². The van der Waals surface area contributed by atoms with E-state index in [2.05, 4.69) is 31.9 Å². The highest BCUT2D eigenvalue weighted by atomic mass is 32.2. The van der Waals surface area contributed by atoms with E-state index < -0.39 is 50.9 Å². The normalized spacial score (nSPS) is 38.7. The van der Waals surface area contributed by atoms with Crippen LogP contribution in [0.5, 0.6) is 0 Å². The van der Waals surface area contributed by atoms with Crippen molar-refractivity contribution < 1.29 is 37.6 Å². The minimum absolute atomic E-state index is 0.0465. The van der Waals surface area contributed by atoms with Gasteiger partial charge in [-0.15, -0.1) is 0 Å². The maximum absolute atomic E-state index is 14.2. The third kappa shape index (κ3) is 4.24. The number of carbonyl (C=O) groups is 1. The molecule has 4 aliphatic carbocycles. The number of nitrogens with zero attached hydrogens (tertiary/aromatic N) is 2. The van der Waals surface area contributed by atoms with Crippen molar-refractivity contribution in [1.29, 1.82) is 0 Å². The number of fused-ring (bicyclic) bond motifs is 5. The molecule has 0 radical (unpaired) electrons. The molecule has 2 bridgehead atoms. The average Bonchev–Trinajstić information content (AvgIpc) is 3.23. The molecular formula is C35H44N2O8S. The largest absolute Gasteiger partial charge is 0.450 e. The Labute approximate surface area is 270 Å². The van der Waals surface area contributed by atoms with E-state index in [1.165, 1.54) is 23.0 Å². The van der Waals surface area contributed by atoms with Crippen LogP contribution in [0.2, 0.25) is 0 Å². The number of carbonyl (C=O) groups excluding carboxylic acids is 1. The van der Waals surface area contributed by atoms with Crippen LogP contribution in [0.3, 0.4) is 0 Å². The molecule has 2 N–H and O–H groups in total. The molecule has 248 valence electrons. The van der Waals surface area contributed by atoms with Crippen molar-refractivity contribution in [1.82, 2.24) is 9.78 Å². The van der Waals surface area contributed by atoms with E-state index in [9.17, 15) is 23.4 Å². The fourth-order valence-corrected chi connectivity index (χ4v) is 10.2. The Bertz CT molecular complexity index is 1790. The molecule has 1 aromatic heterocycles. The molecular weight excluding hydrogens is 608 g/mol. The summed E-state index contributed by atoms with van der Waals surface area (Å²) in [5.74, 6) is -1.52. The van der Waals surface area contributed by atoms with E-state index >= 15 is 0 Å². The van der Waals surface area contributed by atoms with Crippen LogP contribution < -0.4 is 0 Å². The molecule has 2 saturated carbocycles. The topological polar surface area (TPSA) is 137 Å². The minimum atomic E-state index is -3.40. The highest BCUT2D eigenvalue weighted by molar-refractivity contribution is 7.90. The molecule has 11 heteroatoms. The predicted molar refractivity (Wildman–Crippen MR) is 169 cm³/mol. The van der Waals surface area contributed by atoms with E-state index in [0.717, 1.165) is 18.2 Å². The van der Waals surface area contributed by atoms with Crippen molar-refractivity contribution in [2.24, 2.45) is 41.5 Å². The lowest BCUT2D eigenvalue weighted by Gasteiger charge is -2.55. The van der Waals surface area contributed by atoms with Crippen LogP contribution in [0.4, 0.5) is 0 Å². The smallest absolute Gasteiger partial charge is 0.357 e. The van der Waals surface area contributed by atoms with Crippen molar-refractivity contribution in [3.63, 3.8) is 0 Å². The van der Waals surface area contributed by atoms with Crippen LogP contribution in [0.25, 0.3) is 11.1 Å². The molecule has 3 fully saturated rings. The molecule has 1 saturated heterocycles. The molecule has 5 aliphatic rings. The second kappa shape index (κ2) is 9.85. The Hall–Kier alpha value is -2.83. The number of aliphatic hydroxyl groups is 2. The van der Waals surface area contributed by atoms with Gasteiger partial charge in [0.2, 0.25) is 0 Å². The van der Waals surface area contributed by atoms with Crippen molar-refractivity contribution >= 4 is 15.8 Å². The summed E-state index contributed by atoms with van der Waals surface area (Å²) in [4.78, 5) is 14.4. The third-order valence-corrected chi connectivity index (χ3v) is 13.0. The van der Waals surface area contributed by atoms with E-state index in [-0.39, 0.29) is 40.4 Å². The molecule has 2 aromatic rings. The summed E-state index contributed by atoms with van der Waals surface area (Å²) in [6.07, 6.45) is 4.52. The van der Waals surface area contributed by atoms with Gasteiger partial charge < -0.3 is 24.4 Å². The summed E-state index contributed by atoms with van der Waals surface area (Å²) in [6, 6.07) is 6.24. The Balaban J connectivity index is 1.32. The van der Waals surface area contributed by atoms with Gasteiger partial charge in [-0.1, -0.05) is 45.1 Å². The number of esters is 1. The molecule has 1 unspecified atom stereocenters. The number of ether oxygens (including phenoxy) is 3. The lowest BCUT2D eigenvalue weighted by molar-refractivity contribution is -0.312. The van der Waals surface area contributed by atoms with Crippen LogP contribution >= 0.6 is 0 Å². The molecule has 7 rings (SSSR count). The fourth-order valence-electron chi connectivity index (χ4n) is 9.54. The first kappa shape index (κ1) is 31.8. The number of aliphatic hydroxyl groups excluding tert-OH is 1. The number of hydrogen-bond donors (Lipinski definition) is 2. The second-order valence-corrected chi connectivity index (χ2v) is 17.3. The zero-order valence-corrected chi connectivity index (χ0v) is 28.5. The maximum atomic E-state index is 14.2. The first-order valence-electron chi connectivity index (χ1n) is 16.0. The molecule has 9 atom stereocenters. The van der Waals surface area contributed by atoms with E-state index in [1.807, 2.05) is 13.0 Å². The molecule has 1 aliphatic heterocycles. The highest BCUT2D eigenvalue weighted by Gasteiger charge is 2.77. The lowest BCUT2D eigenvalue weighted by Crippen LogP contribution is -2.69. The zero-order chi connectivity index (χ0) is 33.4. The molecule has 0 amide bonds. The highest BCUT2D eigenvalue weighted by Crippen LogP contribution is 2.73. The van der Waals surface area contributed by atoms with Crippen LogP contribution in [-0.2, 0) is 31.1 Å². The van der Waals surface area contributed by atoms with Crippen LogP contribution in [0.15, 0.2) is 58.7 Å². The summed E-state index contributed by atoms with van der Waals surface area (Å²) in [6.45, 7) is 12.3. The predicted octanol–water partition coefficient (Wildman–Crippen LogP) is 4.07. The number of sulfone groups is 1.